The molecule has 0 atom stereocenters. The lowest BCUT2D eigenvalue weighted by Crippen LogP contribution is -1.91. The Kier molecular flexibility index (Phi) is 3.68. The molecule has 0 fully saturated rings. The van der Waals surface area contributed by atoms with Gasteiger partial charge in [-0.3, -0.25) is 0 Å². The van der Waals surface area contributed by atoms with Crippen LogP contribution in [0.1, 0.15) is 17.8 Å². The fourth-order valence-electron chi connectivity index (χ4n) is 2.39. The number of methoxy groups -OCH3 is 1. The maximum Gasteiger partial charge on any atom is 0.121 e. The zero-order valence-electron chi connectivity index (χ0n) is 11.6. The van der Waals surface area contributed by atoms with E-state index in [4.69, 9.17) is 4.74 Å². The standard InChI is InChI=1S/C17H18N2O/c1-20-14-10-11-15-16(12-14)19-17(18-15)9-5-8-13-6-3-2-4-7-13/h2-4,6-7,10-12H,5,8-9H2,1H3,(H,18,19). The first kappa shape index (κ1) is 12.7. The van der Waals surface area contributed by atoms with Gasteiger partial charge in [-0.15, -0.1) is 0 Å². The van der Waals surface area contributed by atoms with Crippen LogP contribution in [0.2, 0.25) is 0 Å². The van der Waals surface area contributed by atoms with E-state index in [2.05, 4.69) is 40.3 Å². The second-order valence-corrected chi connectivity index (χ2v) is 4.91. The van der Waals surface area contributed by atoms with E-state index in [-0.39, 0.29) is 0 Å². The molecular weight excluding hydrogens is 248 g/mol. The van der Waals surface area contributed by atoms with Crippen molar-refractivity contribution in [3.63, 3.8) is 0 Å². The average Bonchev–Trinajstić information content (AvgIpc) is 2.90. The van der Waals surface area contributed by atoms with Gasteiger partial charge in [-0.05, 0) is 30.5 Å². The number of rotatable bonds is 5. The molecule has 0 saturated carbocycles. The summed E-state index contributed by atoms with van der Waals surface area (Å²) in [6.07, 6.45) is 3.15. The Bertz CT molecular complexity index is 689. The van der Waals surface area contributed by atoms with Crippen molar-refractivity contribution in [1.82, 2.24) is 9.97 Å². The highest BCUT2D eigenvalue weighted by molar-refractivity contribution is 5.76. The lowest BCUT2D eigenvalue weighted by Gasteiger charge is -1.99. The Balaban J connectivity index is 1.66. The lowest BCUT2D eigenvalue weighted by atomic mass is 10.1. The number of benzene rings is 2. The minimum atomic E-state index is 0.858. The molecule has 102 valence electrons. The molecule has 0 aliphatic carbocycles. The Hall–Kier alpha value is -2.29. The molecule has 0 unspecified atom stereocenters. The minimum absolute atomic E-state index is 0.858. The number of nitrogens with zero attached hydrogens (tertiary/aromatic N) is 1. The molecule has 0 bridgehead atoms. The van der Waals surface area contributed by atoms with Crippen LogP contribution in [0, 0.1) is 0 Å². The van der Waals surface area contributed by atoms with Crippen molar-refractivity contribution in [2.45, 2.75) is 19.3 Å². The van der Waals surface area contributed by atoms with E-state index < -0.39 is 0 Å². The fourth-order valence-corrected chi connectivity index (χ4v) is 2.39. The third-order valence-corrected chi connectivity index (χ3v) is 3.46. The van der Waals surface area contributed by atoms with Crippen LogP contribution in [0.15, 0.2) is 48.5 Å². The number of hydrogen-bond donors (Lipinski definition) is 1. The fraction of sp³-hybridized carbons (Fsp3) is 0.235. The van der Waals surface area contributed by atoms with Gasteiger partial charge in [-0.2, -0.15) is 0 Å². The van der Waals surface area contributed by atoms with Crippen LogP contribution in [0.25, 0.3) is 11.0 Å². The molecule has 3 rings (SSSR count). The van der Waals surface area contributed by atoms with Crippen LogP contribution in [0.3, 0.4) is 0 Å². The van der Waals surface area contributed by atoms with E-state index in [1.54, 1.807) is 7.11 Å². The monoisotopic (exact) mass is 266 g/mol. The van der Waals surface area contributed by atoms with E-state index in [0.717, 1.165) is 41.9 Å². The van der Waals surface area contributed by atoms with Gasteiger partial charge in [0.1, 0.15) is 11.6 Å². The van der Waals surface area contributed by atoms with Gasteiger partial charge in [0, 0.05) is 12.5 Å². The van der Waals surface area contributed by atoms with Gasteiger partial charge in [-0.25, -0.2) is 4.98 Å². The van der Waals surface area contributed by atoms with Crippen LogP contribution in [-0.4, -0.2) is 17.1 Å². The van der Waals surface area contributed by atoms with Crippen LogP contribution in [0.4, 0.5) is 0 Å². The summed E-state index contributed by atoms with van der Waals surface area (Å²) in [5.41, 5.74) is 3.42. The van der Waals surface area contributed by atoms with Gasteiger partial charge in [0.25, 0.3) is 0 Å². The summed E-state index contributed by atoms with van der Waals surface area (Å²) in [5, 5.41) is 0. The molecule has 0 amide bonds. The number of imidazole rings is 1. The summed E-state index contributed by atoms with van der Waals surface area (Å²) in [6, 6.07) is 16.5. The first-order chi connectivity index (χ1) is 9.85. The highest BCUT2D eigenvalue weighted by atomic mass is 16.5. The van der Waals surface area contributed by atoms with Crippen molar-refractivity contribution in [2.24, 2.45) is 0 Å². The first-order valence-electron chi connectivity index (χ1n) is 6.92. The number of nitrogens with one attached hydrogen (secondary N) is 1. The van der Waals surface area contributed by atoms with Crippen LogP contribution in [0.5, 0.6) is 5.75 Å². The largest absolute Gasteiger partial charge is 0.497 e. The summed E-state index contributed by atoms with van der Waals surface area (Å²) in [6.45, 7) is 0. The number of fused-ring (bicyclic) bond motifs is 1. The zero-order valence-corrected chi connectivity index (χ0v) is 11.6. The van der Waals surface area contributed by atoms with E-state index in [0.29, 0.717) is 0 Å². The highest BCUT2D eigenvalue weighted by Crippen LogP contribution is 2.19. The number of aromatic amines is 1. The Labute approximate surface area is 118 Å². The number of ether oxygens (including phenoxy) is 1. The molecule has 2 aromatic carbocycles. The summed E-state index contributed by atoms with van der Waals surface area (Å²) >= 11 is 0. The molecule has 0 aliphatic rings. The van der Waals surface area contributed by atoms with Crippen molar-refractivity contribution in [3.8, 4) is 5.75 Å². The smallest absolute Gasteiger partial charge is 0.121 e. The molecule has 3 heteroatoms. The summed E-state index contributed by atoms with van der Waals surface area (Å²) < 4.78 is 5.22. The molecule has 0 aliphatic heterocycles. The highest BCUT2D eigenvalue weighted by Gasteiger charge is 2.04. The van der Waals surface area contributed by atoms with E-state index in [1.165, 1.54) is 5.56 Å². The summed E-state index contributed by atoms with van der Waals surface area (Å²) in [5.74, 6) is 1.90. The zero-order chi connectivity index (χ0) is 13.8. The molecule has 0 radical (unpaired) electrons. The van der Waals surface area contributed by atoms with Gasteiger partial charge < -0.3 is 9.72 Å². The van der Waals surface area contributed by atoms with E-state index >= 15 is 0 Å². The van der Waals surface area contributed by atoms with Crippen molar-refractivity contribution in [1.29, 1.82) is 0 Å². The quantitative estimate of drug-likeness (QED) is 0.763. The maximum atomic E-state index is 5.22. The van der Waals surface area contributed by atoms with Gasteiger partial charge in [-0.1, -0.05) is 30.3 Å². The topological polar surface area (TPSA) is 37.9 Å². The normalized spacial score (nSPS) is 10.8. The molecular formula is C17H18N2O. The number of hydrogen-bond acceptors (Lipinski definition) is 2. The maximum absolute atomic E-state index is 5.22. The third-order valence-electron chi connectivity index (χ3n) is 3.46. The lowest BCUT2D eigenvalue weighted by molar-refractivity contribution is 0.415. The molecule has 1 aromatic heterocycles. The van der Waals surface area contributed by atoms with Crippen LogP contribution in [-0.2, 0) is 12.8 Å². The number of aromatic nitrogens is 2. The molecule has 1 N–H and O–H groups in total. The van der Waals surface area contributed by atoms with Crippen molar-refractivity contribution in [3.05, 3.63) is 59.9 Å². The second-order valence-electron chi connectivity index (χ2n) is 4.91. The SMILES string of the molecule is COc1ccc2nc(CCCc3ccccc3)[nH]c2c1. The Morgan fingerprint density at radius 2 is 1.90 bits per heavy atom. The molecule has 0 saturated heterocycles. The van der Waals surface area contributed by atoms with Crippen molar-refractivity contribution >= 4 is 11.0 Å². The number of aryl methyl sites for hydroxylation is 2. The van der Waals surface area contributed by atoms with E-state index in [1.807, 2.05) is 18.2 Å². The van der Waals surface area contributed by atoms with Crippen LogP contribution >= 0.6 is 0 Å². The Morgan fingerprint density at radius 1 is 1.05 bits per heavy atom. The van der Waals surface area contributed by atoms with E-state index in [9.17, 15) is 0 Å². The van der Waals surface area contributed by atoms with Gasteiger partial charge >= 0.3 is 0 Å². The second kappa shape index (κ2) is 5.78. The average molecular weight is 266 g/mol. The summed E-state index contributed by atoms with van der Waals surface area (Å²) in [7, 11) is 1.68. The predicted molar refractivity (Wildman–Crippen MR) is 81.1 cm³/mol. The van der Waals surface area contributed by atoms with Gasteiger partial charge in [0.2, 0.25) is 0 Å². The molecule has 20 heavy (non-hydrogen) atoms. The summed E-state index contributed by atoms with van der Waals surface area (Å²) in [4.78, 5) is 7.97. The van der Waals surface area contributed by atoms with Crippen LogP contribution < -0.4 is 4.74 Å². The van der Waals surface area contributed by atoms with Crippen molar-refractivity contribution < 1.29 is 4.74 Å². The minimum Gasteiger partial charge on any atom is -0.497 e. The molecule has 1 heterocycles. The third kappa shape index (κ3) is 2.82. The first-order valence-corrected chi connectivity index (χ1v) is 6.92. The Morgan fingerprint density at radius 3 is 2.70 bits per heavy atom. The molecule has 0 spiro atoms. The molecule has 3 nitrogen and oxygen atoms in total. The van der Waals surface area contributed by atoms with Crippen molar-refractivity contribution in [2.75, 3.05) is 7.11 Å². The number of H-pyrrole nitrogens is 1. The van der Waals surface area contributed by atoms with Gasteiger partial charge in [0.15, 0.2) is 0 Å². The predicted octanol–water partition coefficient (Wildman–Crippen LogP) is 3.75. The molecule has 3 aromatic rings. The van der Waals surface area contributed by atoms with Gasteiger partial charge in [0.05, 0.1) is 18.1 Å².